The van der Waals surface area contributed by atoms with Crippen molar-refractivity contribution in [2.45, 2.75) is 39.0 Å². The van der Waals surface area contributed by atoms with Crippen molar-refractivity contribution >= 4 is 27.9 Å². The lowest BCUT2D eigenvalue weighted by Crippen LogP contribution is -2.42. The summed E-state index contributed by atoms with van der Waals surface area (Å²) in [6.07, 6.45) is -4.77. The van der Waals surface area contributed by atoms with Gasteiger partial charge in [-0.2, -0.15) is 26.3 Å². The number of amides is 1. The number of hydrogen-bond donors (Lipinski definition) is 2. The Hall–Kier alpha value is -2.85. The van der Waals surface area contributed by atoms with E-state index < -0.39 is 28.0 Å². The number of rotatable bonds is 15. The summed E-state index contributed by atoms with van der Waals surface area (Å²) in [4.78, 5) is 15.5. The van der Waals surface area contributed by atoms with Gasteiger partial charge >= 0.3 is 22.5 Å². The molecule has 0 aliphatic rings. The van der Waals surface area contributed by atoms with E-state index in [1.54, 1.807) is 30.7 Å². The van der Waals surface area contributed by atoms with Crippen LogP contribution in [0.5, 0.6) is 17.4 Å². The second kappa shape index (κ2) is 15.1. The number of ether oxygens (including phenoxy) is 5. The van der Waals surface area contributed by atoms with Gasteiger partial charge in [0.15, 0.2) is 6.79 Å². The van der Waals surface area contributed by atoms with Crippen LogP contribution in [0, 0.1) is 0 Å². The van der Waals surface area contributed by atoms with E-state index in [0.29, 0.717) is 23.6 Å². The maximum atomic E-state index is 12.9. The molecule has 1 aromatic heterocycles. The van der Waals surface area contributed by atoms with E-state index in [0.717, 1.165) is 0 Å². The van der Waals surface area contributed by atoms with Crippen molar-refractivity contribution in [2.75, 3.05) is 33.7 Å². The van der Waals surface area contributed by atoms with E-state index in [2.05, 4.69) is 9.71 Å². The van der Waals surface area contributed by atoms with Crippen molar-refractivity contribution in [3.05, 3.63) is 46.6 Å². The summed E-state index contributed by atoms with van der Waals surface area (Å²) in [7, 11) is -2.70. The van der Waals surface area contributed by atoms with Gasteiger partial charge in [0.25, 0.3) is 0 Å². The van der Waals surface area contributed by atoms with Crippen LogP contribution in [0.1, 0.15) is 31.4 Å². The second-order valence-corrected chi connectivity index (χ2v) is 10.00. The number of halogens is 4. The molecular formula is C23H29ClF3N3O8S. The van der Waals surface area contributed by atoms with E-state index in [-0.39, 0.29) is 62.1 Å². The lowest BCUT2D eigenvalue weighted by Gasteiger charge is -2.15. The molecule has 1 aromatic carbocycles. The molecule has 2 rings (SSSR count). The van der Waals surface area contributed by atoms with E-state index in [1.807, 2.05) is 0 Å². The van der Waals surface area contributed by atoms with Gasteiger partial charge in [-0.1, -0.05) is 17.7 Å². The summed E-state index contributed by atoms with van der Waals surface area (Å²) in [6, 6.07) is 5.41. The number of nitrogens with one attached hydrogen (secondary N) is 2. The molecule has 0 bridgehead atoms. The van der Waals surface area contributed by atoms with Crippen LogP contribution < -0.4 is 18.9 Å². The van der Waals surface area contributed by atoms with Crippen LogP contribution in [-0.4, -0.2) is 59.3 Å². The van der Waals surface area contributed by atoms with Crippen molar-refractivity contribution < 1.29 is 50.1 Å². The van der Waals surface area contributed by atoms with E-state index in [4.69, 9.17) is 35.3 Å². The zero-order chi connectivity index (χ0) is 29.1. The van der Waals surface area contributed by atoms with Crippen LogP contribution in [0.2, 0.25) is 5.02 Å². The van der Waals surface area contributed by atoms with Crippen molar-refractivity contribution in [3.8, 4) is 17.4 Å². The number of pyridine rings is 1. The summed E-state index contributed by atoms with van der Waals surface area (Å²) in [5, 5.41) is -0.357. The monoisotopic (exact) mass is 599 g/mol. The third kappa shape index (κ3) is 11.8. The molecule has 39 heavy (non-hydrogen) atoms. The molecule has 0 atom stereocenters. The Labute approximate surface area is 229 Å². The molecule has 1 amide bonds. The summed E-state index contributed by atoms with van der Waals surface area (Å²) in [6.45, 7) is 3.46. The number of hydrogen-bond acceptors (Lipinski definition) is 9. The number of carbonyl (C=O) groups excluding carboxylic acids is 1. The molecule has 11 nitrogen and oxygen atoms in total. The van der Waals surface area contributed by atoms with Crippen LogP contribution in [0.25, 0.3) is 0 Å². The summed E-state index contributed by atoms with van der Waals surface area (Å²) in [5.41, 5.74) is -0.477. The van der Waals surface area contributed by atoms with Crippen LogP contribution in [-0.2, 0) is 37.0 Å². The molecule has 0 fully saturated rings. The van der Waals surface area contributed by atoms with E-state index in [1.165, 1.54) is 13.2 Å². The first-order chi connectivity index (χ1) is 18.3. The molecule has 2 N–H and O–H groups in total. The highest BCUT2D eigenvalue weighted by Gasteiger charge is 2.32. The fourth-order valence-electron chi connectivity index (χ4n) is 2.89. The minimum Gasteiger partial charge on any atom is -0.467 e. The van der Waals surface area contributed by atoms with Gasteiger partial charge in [0.2, 0.25) is 5.88 Å². The molecule has 1 heterocycles. The van der Waals surface area contributed by atoms with Crippen LogP contribution in [0.15, 0.2) is 30.5 Å². The highest BCUT2D eigenvalue weighted by atomic mass is 35.5. The SMILES string of the molecule is COCOc1ccc(CCCOC(=O)NS(=O)(=O)NCCOC(C)C)c(Oc2ncc(C(F)(F)F)cc2Cl)c1. The smallest absolute Gasteiger partial charge is 0.421 e. The van der Waals surface area contributed by atoms with Crippen molar-refractivity contribution in [1.82, 2.24) is 14.4 Å². The predicted octanol–water partition coefficient (Wildman–Crippen LogP) is 4.45. The molecule has 0 saturated heterocycles. The topological polar surface area (TPSA) is 134 Å². The third-order valence-electron chi connectivity index (χ3n) is 4.61. The lowest BCUT2D eigenvalue weighted by atomic mass is 10.1. The average Bonchev–Trinajstić information content (AvgIpc) is 2.84. The first-order valence-corrected chi connectivity index (χ1v) is 13.4. The van der Waals surface area contributed by atoms with Gasteiger partial charge in [-0.25, -0.2) is 14.5 Å². The number of carbonyl (C=O) groups is 1. The highest BCUT2D eigenvalue weighted by molar-refractivity contribution is 7.88. The van der Waals surface area contributed by atoms with Gasteiger partial charge < -0.3 is 23.7 Å². The van der Waals surface area contributed by atoms with Gasteiger partial charge in [-0.3, -0.25) is 0 Å². The van der Waals surface area contributed by atoms with Crippen LogP contribution in [0.4, 0.5) is 18.0 Å². The molecular weight excluding hydrogens is 571 g/mol. The molecule has 0 aliphatic heterocycles. The summed E-state index contributed by atoms with van der Waals surface area (Å²) < 4.78 is 92.5. The standard InChI is InChI=1S/C23H29ClF3N3O8S/c1-15(2)35-10-8-29-39(32,33)30-22(31)36-9-4-5-16-6-7-18(37-14-34-3)12-20(16)38-21-19(24)11-17(13-28-21)23(25,26)27/h6-7,11-13,15,29H,4-5,8-10,14H2,1-3H3,(H,30,31). The number of benzene rings is 1. The van der Waals surface area contributed by atoms with E-state index >= 15 is 0 Å². The van der Waals surface area contributed by atoms with Crippen molar-refractivity contribution in [2.24, 2.45) is 0 Å². The van der Waals surface area contributed by atoms with Gasteiger partial charge in [0, 0.05) is 25.9 Å². The quantitative estimate of drug-likeness (QED) is 0.225. The van der Waals surface area contributed by atoms with Gasteiger partial charge in [-0.05, 0) is 44.4 Å². The average molecular weight is 600 g/mol. The molecule has 0 radical (unpaired) electrons. The number of alkyl halides is 3. The van der Waals surface area contributed by atoms with Crippen LogP contribution >= 0.6 is 11.6 Å². The highest BCUT2D eigenvalue weighted by Crippen LogP contribution is 2.36. The Balaban J connectivity index is 1.99. The summed E-state index contributed by atoms with van der Waals surface area (Å²) >= 11 is 5.96. The first kappa shape index (κ1) is 32.4. The van der Waals surface area contributed by atoms with Crippen molar-refractivity contribution in [3.63, 3.8) is 0 Å². The molecule has 16 heteroatoms. The Kier molecular flexibility index (Phi) is 12.5. The molecule has 218 valence electrons. The van der Waals surface area contributed by atoms with E-state index in [9.17, 15) is 26.4 Å². The molecule has 2 aromatic rings. The molecule has 0 spiro atoms. The molecule has 0 unspecified atom stereocenters. The number of aryl methyl sites for hydroxylation is 1. The van der Waals surface area contributed by atoms with Crippen molar-refractivity contribution in [1.29, 1.82) is 0 Å². The minimum absolute atomic E-state index is 0.0362. The number of aromatic nitrogens is 1. The normalized spacial score (nSPS) is 11.9. The Bertz CT molecular complexity index is 1200. The number of methoxy groups -OCH3 is 1. The fraction of sp³-hybridized carbons (Fsp3) is 0.478. The van der Waals surface area contributed by atoms with Gasteiger partial charge in [-0.15, -0.1) is 0 Å². The molecule has 0 aliphatic carbocycles. The first-order valence-electron chi connectivity index (χ1n) is 11.5. The number of nitrogens with zero attached hydrogens (tertiary/aromatic N) is 1. The second-order valence-electron chi connectivity index (χ2n) is 8.09. The summed E-state index contributed by atoms with van der Waals surface area (Å²) in [5.74, 6) is 0.255. The van der Waals surface area contributed by atoms with Crippen LogP contribution in [0.3, 0.4) is 0 Å². The maximum Gasteiger partial charge on any atom is 0.421 e. The zero-order valence-corrected chi connectivity index (χ0v) is 22.9. The Morgan fingerprint density at radius 1 is 1.18 bits per heavy atom. The Morgan fingerprint density at radius 2 is 1.92 bits per heavy atom. The Morgan fingerprint density at radius 3 is 2.56 bits per heavy atom. The maximum absolute atomic E-state index is 12.9. The predicted molar refractivity (Wildman–Crippen MR) is 134 cm³/mol. The van der Waals surface area contributed by atoms with Gasteiger partial charge in [0.1, 0.15) is 16.5 Å². The van der Waals surface area contributed by atoms with Gasteiger partial charge in [0.05, 0.1) is 24.9 Å². The zero-order valence-electron chi connectivity index (χ0n) is 21.3. The molecule has 0 saturated carbocycles. The lowest BCUT2D eigenvalue weighted by molar-refractivity contribution is -0.137. The minimum atomic E-state index is -4.63. The fourth-order valence-corrected chi connectivity index (χ4v) is 3.79. The largest absolute Gasteiger partial charge is 0.467 e. The third-order valence-corrected chi connectivity index (χ3v) is 5.90.